The normalized spacial score (nSPS) is 20.9. The van der Waals surface area contributed by atoms with E-state index in [1.807, 2.05) is 50.7 Å². The second kappa shape index (κ2) is 7.34. The van der Waals surface area contributed by atoms with Gasteiger partial charge in [0, 0.05) is 23.0 Å². The van der Waals surface area contributed by atoms with Crippen LogP contribution in [0.1, 0.15) is 34.1 Å². The molecule has 1 aliphatic rings. The van der Waals surface area contributed by atoms with Gasteiger partial charge in [0.05, 0.1) is 12.8 Å². The van der Waals surface area contributed by atoms with Gasteiger partial charge in [0.1, 0.15) is 11.4 Å². The standard InChI is InChI=1S/C17H26N2O3S/c1-11-13(8-9-23-11)18-12-6-7-14(15(10-12)21-5)19-16(20)22-17(2,3)4/h6-7,10-11,13,18H,8-9H2,1-5H3,(H,19,20). The average Bonchev–Trinajstić information content (AvgIpc) is 2.84. The van der Waals surface area contributed by atoms with Crippen LogP contribution < -0.4 is 15.4 Å². The van der Waals surface area contributed by atoms with E-state index < -0.39 is 11.7 Å². The lowest BCUT2D eigenvalue weighted by Crippen LogP contribution is -2.27. The minimum absolute atomic E-state index is 0.467. The summed E-state index contributed by atoms with van der Waals surface area (Å²) in [6.45, 7) is 7.73. The molecule has 1 aromatic rings. The highest BCUT2D eigenvalue weighted by Gasteiger charge is 2.24. The van der Waals surface area contributed by atoms with Crippen molar-refractivity contribution < 1.29 is 14.3 Å². The summed E-state index contributed by atoms with van der Waals surface area (Å²) >= 11 is 1.98. The molecule has 0 aromatic heterocycles. The Morgan fingerprint density at radius 3 is 2.65 bits per heavy atom. The second-order valence-corrected chi connectivity index (χ2v) is 8.14. The maximum Gasteiger partial charge on any atom is 0.412 e. The van der Waals surface area contributed by atoms with Crippen molar-refractivity contribution in [1.82, 2.24) is 0 Å². The number of thioether (sulfide) groups is 1. The van der Waals surface area contributed by atoms with Crippen LogP contribution >= 0.6 is 11.8 Å². The van der Waals surface area contributed by atoms with Crippen LogP contribution in [-0.2, 0) is 4.74 Å². The van der Waals surface area contributed by atoms with Gasteiger partial charge < -0.3 is 14.8 Å². The van der Waals surface area contributed by atoms with Crippen LogP contribution in [0.3, 0.4) is 0 Å². The molecule has 2 atom stereocenters. The molecule has 1 saturated heterocycles. The van der Waals surface area contributed by atoms with E-state index in [1.54, 1.807) is 7.11 Å². The molecule has 2 N–H and O–H groups in total. The predicted molar refractivity (Wildman–Crippen MR) is 96.8 cm³/mol. The Balaban J connectivity index is 2.05. The fraction of sp³-hybridized carbons (Fsp3) is 0.588. The van der Waals surface area contributed by atoms with Crippen molar-refractivity contribution >= 4 is 29.2 Å². The molecule has 2 unspecified atom stereocenters. The summed E-state index contributed by atoms with van der Waals surface area (Å²) in [5.74, 6) is 1.80. The van der Waals surface area contributed by atoms with E-state index in [1.165, 1.54) is 5.75 Å². The van der Waals surface area contributed by atoms with E-state index in [0.717, 1.165) is 12.1 Å². The maximum absolute atomic E-state index is 11.9. The molecular weight excluding hydrogens is 312 g/mol. The van der Waals surface area contributed by atoms with Crippen molar-refractivity contribution in [1.29, 1.82) is 0 Å². The third-order valence-corrected chi connectivity index (χ3v) is 4.89. The van der Waals surface area contributed by atoms with E-state index >= 15 is 0 Å². The molecule has 128 valence electrons. The van der Waals surface area contributed by atoms with Crippen molar-refractivity contribution in [3.63, 3.8) is 0 Å². The Morgan fingerprint density at radius 1 is 1.35 bits per heavy atom. The SMILES string of the molecule is COc1cc(NC2CCSC2C)ccc1NC(=O)OC(C)(C)C. The second-order valence-electron chi connectivity index (χ2n) is 6.66. The summed E-state index contributed by atoms with van der Waals surface area (Å²) in [5, 5.41) is 6.87. The molecule has 0 aliphatic carbocycles. The largest absolute Gasteiger partial charge is 0.494 e. The van der Waals surface area contributed by atoms with Crippen LogP contribution in [0.15, 0.2) is 18.2 Å². The van der Waals surface area contributed by atoms with E-state index in [-0.39, 0.29) is 0 Å². The molecule has 2 rings (SSSR count). The van der Waals surface area contributed by atoms with E-state index in [2.05, 4.69) is 17.6 Å². The van der Waals surface area contributed by atoms with Crippen LogP contribution in [0.25, 0.3) is 0 Å². The van der Waals surface area contributed by atoms with Crippen LogP contribution in [0.5, 0.6) is 5.75 Å². The van der Waals surface area contributed by atoms with Crippen molar-refractivity contribution in [3.8, 4) is 5.75 Å². The molecule has 1 heterocycles. The van der Waals surface area contributed by atoms with Gasteiger partial charge in [-0.15, -0.1) is 0 Å². The lowest BCUT2D eigenvalue weighted by atomic mass is 10.1. The van der Waals surface area contributed by atoms with E-state index in [0.29, 0.717) is 22.7 Å². The summed E-state index contributed by atoms with van der Waals surface area (Å²) in [4.78, 5) is 11.9. The van der Waals surface area contributed by atoms with Crippen LogP contribution in [-0.4, -0.2) is 35.8 Å². The number of amides is 1. The van der Waals surface area contributed by atoms with Gasteiger partial charge in [-0.3, -0.25) is 5.32 Å². The van der Waals surface area contributed by atoms with Gasteiger partial charge in [-0.2, -0.15) is 11.8 Å². The number of anilines is 2. The first kappa shape index (κ1) is 17.8. The number of carbonyl (C=O) groups excluding carboxylic acids is 1. The van der Waals surface area contributed by atoms with E-state index in [9.17, 15) is 4.79 Å². The minimum atomic E-state index is -0.533. The smallest absolute Gasteiger partial charge is 0.412 e. The summed E-state index contributed by atoms with van der Waals surface area (Å²) in [6, 6.07) is 6.15. The number of rotatable bonds is 4. The maximum atomic E-state index is 11.9. The van der Waals surface area contributed by atoms with Gasteiger partial charge in [0.25, 0.3) is 0 Å². The van der Waals surface area contributed by atoms with Gasteiger partial charge in [-0.25, -0.2) is 4.79 Å². The number of ether oxygens (including phenoxy) is 2. The summed E-state index contributed by atoms with van der Waals surface area (Å²) < 4.78 is 10.7. The third kappa shape index (κ3) is 5.23. The van der Waals surface area contributed by atoms with Crippen molar-refractivity contribution in [3.05, 3.63) is 18.2 Å². The molecule has 0 bridgehead atoms. The molecular formula is C17H26N2O3S. The topological polar surface area (TPSA) is 59.6 Å². The quantitative estimate of drug-likeness (QED) is 0.855. The molecule has 23 heavy (non-hydrogen) atoms. The Kier molecular flexibility index (Phi) is 5.68. The zero-order valence-corrected chi connectivity index (χ0v) is 15.3. The lowest BCUT2D eigenvalue weighted by molar-refractivity contribution is 0.0635. The number of methoxy groups -OCH3 is 1. The monoisotopic (exact) mass is 338 g/mol. The van der Waals surface area contributed by atoms with Crippen molar-refractivity contribution in [2.45, 2.75) is 51.0 Å². The highest BCUT2D eigenvalue weighted by Crippen LogP contribution is 2.32. The van der Waals surface area contributed by atoms with Crippen LogP contribution in [0.2, 0.25) is 0 Å². The van der Waals surface area contributed by atoms with Gasteiger partial charge in [0.2, 0.25) is 0 Å². The molecule has 0 radical (unpaired) electrons. The molecule has 5 nitrogen and oxygen atoms in total. The zero-order chi connectivity index (χ0) is 17.0. The highest BCUT2D eigenvalue weighted by atomic mass is 32.2. The van der Waals surface area contributed by atoms with Crippen LogP contribution in [0.4, 0.5) is 16.2 Å². The van der Waals surface area contributed by atoms with E-state index in [4.69, 9.17) is 9.47 Å². The van der Waals surface area contributed by atoms with Gasteiger partial charge in [-0.1, -0.05) is 6.92 Å². The van der Waals surface area contributed by atoms with Gasteiger partial charge in [-0.05, 0) is 45.1 Å². The van der Waals surface area contributed by atoms with Gasteiger partial charge >= 0.3 is 6.09 Å². The Hall–Kier alpha value is -1.56. The first-order valence-electron chi connectivity index (χ1n) is 7.84. The first-order chi connectivity index (χ1) is 10.8. The molecule has 1 amide bonds. The Labute approximate surface area is 142 Å². The fourth-order valence-electron chi connectivity index (χ4n) is 2.43. The summed E-state index contributed by atoms with van der Waals surface area (Å²) in [5.41, 5.74) is 1.06. The molecule has 6 heteroatoms. The van der Waals surface area contributed by atoms with Crippen LogP contribution in [0, 0.1) is 0 Å². The highest BCUT2D eigenvalue weighted by molar-refractivity contribution is 8.00. The minimum Gasteiger partial charge on any atom is -0.494 e. The van der Waals surface area contributed by atoms with Crippen molar-refractivity contribution in [2.24, 2.45) is 0 Å². The molecule has 0 spiro atoms. The summed E-state index contributed by atoms with van der Waals surface area (Å²) in [6.07, 6.45) is 0.670. The van der Waals surface area contributed by atoms with Gasteiger partial charge in [0.15, 0.2) is 0 Å². The lowest BCUT2D eigenvalue weighted by Gasteiger charge is -2.21. The molecule has 1 aliphatic heterocycles. The van der Waals surface area contributed by atoms with Crippen molar-refractivity contribution in [2.75, 3.05) is 23.5 Å². The molecule has 1 fully saturated rings. The Morgan fingerprint density at radius 2 is 2.09 bits per heavy atom. The number of nitrogens with one attached hydrogen (secondary N) is 2. The first-order valence-corrected chi connectivity index (χ1v) is 8.89. The fourth-order valence-corrected chi connectivity index (χ4v) is 3.63. The number of carbonyl (C=O) groups is 1. The number of hydrogen-bond donors (Lipinski definition) is 2. The molecule has 0 saturated carbocycles. The number of hydrogen-bond acceptors (Lipinski definition) is 5. The number of benzene rings is 1. The third-order valence-electron chi connectivity index (χ3n) is 3.57. The average molecular weight is 338 g/mol. The zero-order valence-electron chi connectivity index (χ0n) is 14.4. The summed E-state index contributed by atoms with van der Waals surface area (Å²) in [7, 11) is 1.59. The predicted octanol–water partition coefficient (Wildman–Crippen LogP) is 4.35. The molecule has 1 aromatic carbocycles. The Bertz CT molecular complexity index is 557.